The summed E-state index contributed by atoms with van der Waals surface area (Å²) in [6.07, 6.45) is 22.7. The van der Waals surface area contributed by atoms with Crippen molar-refractivity contribution in [3.8, 4) is 0 Å². The second-order valence-electron chi connectivity index (χ2n) is 11.1. The molecule has 6 nitrogen and oxygen atoms in total. The Hall–Kier alpha value is -0.850. The largest absolute Gasteiger partial charge is 0.460 e. The van der Waals surface area contributed by atoms with Crippen molar-refractivity contribution in [3.63, 3.8) is 0 Å². The van der Waals surface area contributed by atoms with Crippen LogP contribution in [0.4, 0.5) is 4.79 Å². The summed E-state index contributed by atoms with van der Waals surface area (Å²) in [5.41, 5.74) is 0.239. The molecule has 8 heteroatoms. The zero-order valence-electron chi connectivity index (χ0n) is 26.2. The molecule has 0 spiro atoms. The summed E-state index contributed by atoms with van der Waals surface area (Å²) in [5.74, 6) is 1.17. The average molecular weight is 615 g/mol. The highest BCUT2D eigenvalue weighted by Gasteiger charge is 2.31. The maximum Gasteiger partial charge on any atom is 0.435 e. The van der Waals surface area contributed by atoms with E-state index in [0.717, 1.165) is 13.5 Å². The minimum Gasteiger partial charge on any atom is -0.460 e. The van der Waals surface area contributed by atoms with Gasteiger partial charge >= 0.3 is 13.3 Å². The van der Waals surface area contributed by atoms with Gasteiger partial charge in [-0.1, -0.05) is 121 Å². The van der Waals surface area contributed by atoms with Gasteiger partial charge in [0.15, 0.2) is 0 Å². The van der Waals surface area contributed by atoms with E-state index in [4.69, 9.17) is 9.26 Å². The van der Waals surface area contributed by atoms with Crippen molar-refractivity contribution in [1.29, 1.82) is 0 Å². The molecule has 0 saturated carbocycles. The molecule has 0 aliphatic carbocycles. The van der Waals surface area contributed by atoms with Gasteiger partial charge in [0.05, 0.1) is 19.8 Å². The zero-order valence-corrected chi connectivity index (χ0v) is 27.9. The molecule has 0 fully saturated rings. The first-order chi connectivity index (χ1) is 19.9. The van der Waals surface area contributed by atoms with Crippen molar-refractivity contribution in [2.45, 2.75) is 141 Å². The predicted octanol–water partition coefficient (Wildman–Crippen LogP) is 10.4. The molecular weight excluding hydrogens is 555 g/mol. The molecule has 1 aromatic carbocycles. The number of unbranched alkanes of at least 4 members (excludes halogenated alkanes) is 13. The summed E-state index contributed by atoms with van der Waals surface area (Å²) in [6, 6.07) is 10.8. The lowest BCUT2D eigenvalue weighted by Gasteiger charge is -2.24. The van der Waals surface area contributed by atoms with Crippen molar-refractivity contribution in [3.05, 3.63) is 35.9 Å². The average Bonchev–Trinajstić information content (AvgIpc) is 2.97. The van der Waals surface area contributed by atoms with Crippen molar-refractivity contribution >= 4 is 25.1 Å². The second kappa shape index (κ2) is 25.6. The standard InChI is InChI=1S/C33H59O6PS/c1-4-5-6-13-20-26-32(30(2)38-27-22-28-39-40(35,36)33(34)37-3)41-29-21-15-12-10-8-7-9-11-14-17-23-31-24-18-16-19-25-31/h16,18-19,24-25,30,32H,4-15,17,20-23,26-29H2,1-3H3,(H,35,36)/t30-,32+/m0/s1. The number of thioether (sulfide) groups is 1. The Bertz CT molecular complexity index is 793. The number of ether oxygens (including phenoxy) is 2. The lowest BCUT2D eigenvalue weighted by atomic mass is 10.0. The molecule has 0 aliphatic rings. The van der Waals surface area contributed by atoms with Crippen LogP contribution in [-0.2, 0) is 25.0 Å². The lowest BCUT2D eigenvalue weighted by molar-refractivity contribution is 0.0536. The second-order valence-corrected chi connectivity index (χ2v) is 14.1. The molecule has 0 saturated heterocycles. The molecule has 238 valence electrons. The van der Waals surface area contributed by atoms with Crippen molar-refractivity contribution < 1.29 is 28.3 Å². The number of methoxy groups -OCH3 is 1. The van der Waals surface area contributed by atoms with Gasteiger partial charge in [0.2, 0.25) is 0 Å². The first-order valence-electron chi connectivity index (χ1n) is 16.2. The Kier molecular flexibility index (Phi) is 23.9. The third-order valence-electron chi connectivity index (χ3n) is 7.49. The molecule has 1 unspecified atom stereocenters. The van der Waals surface area contributed by atoms with E-state index in [1.54, 1.807) is 0 Å². The Morgan fingerprint density at radius 2 is 1.41 bits per heavy atom. The molecule has 1 aromatic rings. The molecule has 0 bridgehead atoms. The summed E-state index contributed by atoms with van der Waals surface area (Å²) in [4.78, 5) is 20.8. The SMILES string of the molecule is CCCCCCC[C@@H](SCCCCCCCCCCCCc1ccccc1)[C@H](C)OCCCOP(=O)(O)C(=O)OC. The van der Waals surface area contributed by atoms with Crippen LogP contribution in [0.5, 0.6) is 0 Å². The Morgan fingerprint density at radius 3 is 2.05 bits per heavy atom. The van der Waals surface area contributed by atoms with E-state index in [1.165, 1.54) is 114 Å². The zero-order chi connectivity index (χ0) is 30.0. The van der Waals surface area contributed by atoms with E-state index in [1.807, 2.05) is 11.8 Å². The molecule has 41 heavy (non-hydrogen) atoms. The molecule has 0 radical (unpaired) electrons. The van der Waals surface area contributed by atoms with Crippen LogP contribution in [0, 0.1) is 0 Å². The first-order valence-corrected chi connectivity index (χ1v) is 18.9. The minimum atomic E-state index is -4.36. The number of hydrogen-bond donors (Lipinski definition) is 1. The summed E-state index contributed by atoms with van der Waals surface area (Å²) in [5, 5.41) is 0.457. The van der Waals surface area contributed by atoms with Crippen molar-refractivity contribution in [1.82, 2.24) is 0 Å². The number of rotatable bonds is 28. The van der Waals surface area contributed by atoms with Gasteiger partial charge in [-0.05, 0) is 50.3 Å². The monoisotopic (exact) mass is 614 g/mol. The Morgan fingerprint density at radius 1 is 0.829 bits per heavy atom. The van der Waals surface area contributed by atoms with Gasteiger partial charge in [-0.25, -0.2) is 9.36 Å². The van der Waals surface area contributed by atoms with Gasteiger partial charge in [-0.15, -0.1) is 0 Å². The minimum absolute atomic E-state index is 0.0152. The number of benzene rings is 1. The van der Waals surface area contributed by atoms with E-state index in [9.17, 15) is 14.3 Å². The Labute approximate surface area is 255 Å². The Balaban J connectivity index is 2.13. The molecular formula is C33H59O6PS. The van der Waals surface area contributed by atoms with E-state index >= 15 is 0 Å². The smallest absolute Gasteiger partial charge is 0.435 e. The van der Waals surface area contributed by atoms with Crippen LogP contribution < -0.4 is 0 Å². The highest BCUT2D eigenvalue weighted by molar-refractivity contribution is 7.99. The quantitative estimate of drug-likeness (QED) is 0.0743. The first kappa shape index (κ1) is 38.2. The number of carbonyl (C=O) groups excluding carboxylic acids is 1. The molecule has 1 rings (SSSR count). The van der Waals surface area contributed by atoms with Crippen LogP contribution in [0.2, 0.25) is 0 Å². The molecule has 0 heterocycles. The number of carbonyl (C=O) groups is 1. The fourth-order valence-corrected chi connectivity index (χ4v) is 6.99. The van der Waals surface area contributed by atoms with Crippen LogP contribution in [0.15, 0.2) is 30.3 Å². The van der Waals surface area contributed by atoms with Crippen LogP contribution in [0.3, 0.4) is 0 Å². The molecule has 0 aromatic heterocycles. The van der Waals surface area contributed by atoms with Crippen LogP contribution in [0.1, 0.15) is 129 Å². The summed E-state index contributed by atoms with van der Waals surface area (Å²) < 4.78 is 26.9. The van der Waals surface area contributed by atoms with Gasteiger partial charge in [-0.3, -0.25) is 0 Å². The highest BCUT2D eigenvalue weighted by atomic mass is 32.2. The fraction of sp³-hybridized carbons (Fsp3) is 0.788. The van der Waals surface area contributed by atoms with Crippen molar-refractivity contribution in [2.75, 3.05) is 26.1 Å². The summed E-state index contributed by atoms with van der Waals surface area (Å²) in [7, 11) is -3.29. The number of hydrogen-bond acceptors (Lipinski definition) is 6. The van der Waals surface area contributed by atoms with Gasteiger partial charge in [0.1, 0.15) is 0 Å². The van der Waals surface area contributed by atoms with E-state index in [-0.39, 0.29) is 12.7 Å². The molecule has 3 atom stereocenters. The molecule has 0 aliphatic heterocycles. The number of aryl methyl sites for hydroxylation is 1. The third kappa shape index (κ3) is 20.7. The van der Waals surface area contributed by atoms with Gasteiger partial charge < -0.3 is 18.9 Å². The van der Waals surface area contributed by atoms with Gasteiger partial charge in [0, 0.05) is 11.9 Å². The highest BCUT2D eigenvalue weighted by Crippen LogP contribution is 2.43. The fourth-order valence-electron chi connectivity index (χ4n) is 4.92. The maximum atomic E-state index is 11.7. The van der Waals surface area contributed by atoms with E-state index in [0.29, 0.717) is 18.3 Å². The van der Waals surface area contributed by atoms with Gasteiger partial charge in [0.25, 0.3) is 0 Å². The summed E-state index contributed by atoms with van der Waals surface area (Å²) >= 11 is 2.04. The third-order valence-corrected chi connectivity index (χ3v) is 10.2. The maximum absolute atomic E-state index is 11.7. The van der Waals surface area contributed by atoms with Gasteiger partial charge in [-0.2, -0.15) is 11.8 Å². The molecule has 1 N–H and O–H groups in total. The summed E-state index contributed by atoms with van der Waals surface area (Å²) in [6.45, 7) is 4.80. The van der Waals surface area contributed by atoms with Crippen LogP contribution in [0.25, 0.3) is 0 Å². The van der Waals surface area contributed by atoms with Crippen LogP contribution in [-0.4, -0.2) is 48.0 Å². The lowest BCUT2D eigenvalue weighted by Crippen LogP contribution is -2.25. The van der Waals surface area contributed by atoms with Crippen LogP contribution >= 0.6 is 19.4 Å². The predicted molar refractivity (Wildman–Crippen MR) is 174 cm³/mol. The van der Waals surface area contributed by atoms with E-state index in [2.05, 4.69) is 48.9 Å². The van der Waals surface area contributed by atoms with E-state index < -0.39 is 13.3 Å². The van der Waals surface area contributed by atoms with Crippen molar-refractivity contribution in [2.24, 2.45) is 0 Å². The topological polar surface area (TPSA) is 82.1 Å². The normalized spacial score (nSPS) is 14.4. The molecule has 0 amide bonds.